The van der Waals surface area contributed by atoms with Crippen molar-refractivity contribution in [2.24, 2.45) is 0 Å². The first-order valence-corrected chi connectivity index (χ1v) is 9.49. The highest BCUT2D eigenvalue weighted by atomic mass is 79.9. The number of aromatic nitrogens is 1. The quantitative estimate of drug-likeness (QED) is 0.448. The minimum Gasteiger partial charge on any atom is -0.379 e. The largest absolute Gasteiger partial charge is 0.420 e. The first kappa shape index (κ1) is 23.3. The molecule has 4 nitrogen and oxygen atoms in total. The Morgan fingerprint density at radius 3 is 2.38 bits per heavy atom. The van der Waals surface area contributed by atoms with Crippen LogP contribution in [0.25, 0.3) is 0 Å². The van der Waals surface area contributed by atoms with Crippen LogP contribution < -0.4 is 4.72 Å². The summed E-state index contributed by atoms with van der Waals surface area (Å²) in [4.78, 5) is 3.50. The zero-order chi connectivity index (χ0) is 20.3. The predicted octanol–water partition coefficient (Wildman–Crippen LogP) is 3.81. The van der Waals surface area contributed by atoms with Gasteiger partial charge in [0.15, 0.2) is 0 Å². The number of aliphatic hydroxyl groups excluding tert-OH is 1. The highest BCUT2D eigenvalue weighted by molar-refractivity contribution is 9.10. The van der Waals surface area contributed by atoms with Crippen LogP contribution in [0.15, 0.2) is 16.7 Å². The van der Waals surface area contributed by atoms with Gasteiger partial charge in [-0.3, -0.25) is 0 Å². The second-order valence-corrected chi connectivity index (χ2v) is 7.78. The molecule has 150 valence electrons. The maximum atomic E-state index is 14.7. The number of pyridine rings is 1. The second kappa shape index (κ2) is 8.53. The molecule has 1 heterocycles. The van der Waals surface area contributed by atoms with Crippen LogP contribution in [-0.4, -0.2) is 38.3 Å². The number of nitrogens with one attached hydrogen (secondary N) is 1. The van der Waals surface area contributed by atoms with Crippen molar-refractivity contribution < 1.29 is 35.7 Å². The van der Waals surface area contributed by atoms with Crippen LogP contribution in [0.5, 0.6) is 0 Å². The monoisotopic (exact) mass is 470 g/mol. The summed E-state index contributed by atoms with van der Waals surface area (Å²) < 4.78 is 95.5. The van der Waals surface area contributed by atoms with Crippen LogP contribution in [0.1, 0.15) is 32.4 Å². The summed E-state index contributed by atoms with van der Waals surface area (Å²) in [5.74, 6) is -6.48. The molecule has 0 amide bonds. The van der Waals surface area contributed by atoms with Gasteiger partial charge in [-0.1, -0.05) is 13.3 Å². The Kier molecular flexibility index (Phi) is 7.65. The van der Waals surface area contributed by atoms with Gasteiger partial charge in [-0.05, 0) is 41.4 Å². The zero-order valence-corrected chi connectivity index (χ0v) is 16.1. The van der Waals surface area contributed by atoms with Crippen molar-refractivity contribution in [3.63, 3.8) is 0 Å². The average molecular weight is 471 g/mol. The van der Waals surface area contributed by atoms with Crippen LogP contribution in [0.4, 0.5) is 26.3 Å². The summed E-state index contributed by atoms with van der Waals surface area (Å²) >= 11 is 2.83. The summed E-state index contributed by atoms with van der Waals surface area (Å²) in [5, 5.41) is 9.18. The van der Waals surface area contributed by atoms with Gasteiger partial charge in [0, 0.05) is 5.75 Å². The molecule has 0 aliphatic rings. The molecular formula is C14H17BrF6N2O2S. The Morgan fingerprint density at radius 1 is 1.31 bits per heavy atom. The lowest BCUT2D eigenvalue weighted by Gasteiger charge is -2.40. The van der Waals surface area contributed by atoms with Crippen molar-refractivity contribution in [2.45, 2.75) is 50.4 Å². The molecule has 0 saturated carbocycles. The third kappa shape index (κ3) is 4.96. The Hall–Kier alpha value is -0.720. The lowest BCUT2D eigenvalue weighted by Crippen LogP contribution is -2.63. The number of rotatable bonds is 8. The van der Waals surface area contributed by atoms with Crippen molar-refractivity contribution >= 4 is 26.9 Å². The fourth-order valence-electron chi connectivity index (χ4n) is 2.08. The molecule has 0 aliphatic heterocycles. The fraction of sp³-hybridized carbons (Fsp3) is 0.643. The molecule has 1 rings (SSSR count). The Bertz CT molecular complexity index is 661. The zero-order valence-electron chi connectivity index (χ0n) is 13.7. The molecule has 2 N–H and O–H groups in total. The van der Waals surface area contributed by atoms with E-state index < -0.39 is 46.2 Å². The van der Waals surface area contributed by atoms with Gasteiger partial charge in [-0.15, -0.1) is 0 Å². The van der Waals surface area contributed by atoms with Gasteiger partial charge in [0.25, 0.3) is 0 Å². The van der Waals surface area contributed by atoms with Gasteiger partial charge in [0.1, 0.15) is 21.7 Å². The maximum Gasteiger partial charge on any atom is 0.420 e. The summed E-state index contributed by atoms with van der Waals surface area (Å²) in [6, 6.07) is 1.78. The number of hydrogen-bond acceptors (Lipinski definition) is 3. The minimum atomic E-state index is -5.69. The topological polar surface area (TPSA) is 62.2 Å². The molecule has 1 aromatic heterocycles. The van der Waals surface area contributed by atoms with Crippen molar-refractivity contribution in [1.82, 2.24) is 9.71 Å². The number of alkyl halides is 5. The van der Waals surface area contributed by atoms with E-state index in [9.17, 15) is 35.7 Å². The highest BCUT2D eigenvalue weighted by Crippen LogP contribution is 2.45. The number of nitrogens with zero attached hydrogens (tertiary/aromatic N) is 1. The average Bonchev–Trinajstić information content (AvgIpc) is 2.53. The van der Waals surface area contributed by atoms with Gasteiger partial charge < -0.3 is 5.11 Å². The van der Waals surface area contributed by atoms with Gasteiger partial charge in [0.05, 0.1) is 11.0 Å². The molecule has 0 aromatic carbocycles. The smallest absolute Gasteiger partial charge is 0.379 e. The molecule has 0 radical (unpaired) electrons. The van der Waals surface area contributed by atoms with Crippen molar-refractivity contribution in [1.29, 1.82) is 0 Å². The Labute approximate surface area is 157 Å². The number of unbranched alkanes of at least 4 members (excludes halogenated alkanes) is 1. The van der Waals surface area contributed by atoms with Crippen LogP contribution in [-0.2, 0) is 16.5 Å². The maximum absolute atomic E-state index is 14.7. The van der Waals surface area contributed by atoms with E-state index in [-0.39, 0.29) is 10.4 Å². The van der Waals surface area contributed by atoms with E-state index in [1.165, 1.54) is 0 Å². The molecule has 0 spiro atoms. The minimum absolute atomic E-state index is 0.126. The summed E-state index contributed by atoms with van der Waals surface area (Å²) in [6.45, 7) is 2.25. The van der Waals surface area contributed by atoms with E-state index in [4.69, 9.17) is 0 Å². The van der Waals surface area contributed by atoms with E-state index in [0.717, 1.165) is 12.1 Å². The van der Waals surface area contributed by atoms with Gasteiger partial charge in [0.2, 0.25) is 6.10 Å². The lowest BCUT2D eigenvalue weighted by molar-refractivity contribution is -0.288. The van der Waals surface area contributed by atoms with Gasteiger partial charge in [-0.2, -0.15) is 13.2 Å². The van der Waals surface area contributed by atoms with E-state index >= 15 is 0 Å². The molecule has 1 aromatic rings. The number of aliphatic hydroxyl groups is 1. The van der Waals surface area contributed by atoms with Gasteiger partial charge in [-0.25, -0.2) is 27.1 Å². The molecule has 0 saturated heterocycles. The molecular weight excluding hydrogens is 454 g/mol. The van der Waals surface area contributed by atoms with Crippen LogP contribution in [0.3, 0.4) is 0 Å². The first-order chi connectivity index (χ1) is 11.8. The molecule has 1 unspecified atom stereocenters. The molecule has 3 atom stereocenters. The predicted molar refractivity (Wildman–Crippen MR) is 87.3 cm³/mol. The summed E-state index contributed by atoms with van der Waals surface area (Å²) in [7, 11) is -2.22. The molecule has 0 bridgehead atoms. The van der Waals surface area contributed by atoms with Crippen molar-refractivity contribution in [3.8, 4) is 0 Å². The molecule has 0 fully saturated rings. The lowest BCUT2D eigenvalue weighted by atomic mass is 9.86. The summed E-state index contributed by atoms with van der Waals surface area (Å²) in [6.07, 6.45) is -8.94. The third-order valence-corrected chi connectivity index (χ3v) is 5.34. The second-order valence-electron chi connectivity index (χ2n) is 5.66. The van der Waals surface area contributed by atoms with E-state index in [2.05, 4.69) is 20.9 Å². The fourth-order valence-corrected chi connectivity index (χ4v) is 3.73. The first-order valence-electron chi connectivity index (χ1n) is 7.38. The Morgan fingerprint density at radius 2 is 1.88 bits per heavy atom. The number of hydrogen-bond donors (Lipinski definition) is 2. The van der Waals surface area contributed by atoms with Crippen molar-refractivity contribution in [2.75, 3.05) is 5.75 Å². The normalized spacial score (nSPS) is 17.6. The molecule has 0 aliphatic carbocycles. The van der Waals surface area contributed by atoms with E-state index in [0.29, 0.717) is 19.8 Å². The van der Waals surface area contributed by atoms with Gasteiger partial charge >= 0.3 is 12.1 Å². The highest BCUT2D eigenvalue weighted by Gasteiger charge is 2.66. The van der Waals surface area contributed by atoms with Crippen LogP contribution in [0, 0.1) is 5.82 Å². The number of halogens is 7. The van der Waals surface area contributed by atoms with E-state index in [1.807, 2.05) is 4.72 Å². The molecule has 26 heavy (non-hydrogen) atoms. The van der Waals surface area contributed by atoms with Crippen molar-refractivity contribution in [3.05, 3.63) is 28.2 Å². The summed E-state index contributed by atoms with van der Waals surface area (Å²) in [5.41, 5.74) is -4.31. The van der Waals surface area contributed by atoms with Crippen LogP contribution >= 0.6 is 15.9 Å². The Balaban J connectivity index is 3.51. The van der Waals surface area contributed by atoms with E-state index in [1.54, 1.807) is 6.92 Å². The third-order valence-electron chi connectivity index (χ3n) is 3.61. The standard InChI is InChI=1S/C14H17BrF6N2O2S/c1-3-4-7-26(25)23-12(2,10-8(16)5-6-9(15)22-10)13(17,18)11(24)14(19,20)21/h5-6,11,23-24H,3-4,7H2,1-2H3/t11-,12-,26?/m1/s1. The SMILES string of the molecule is CCCCS(=O)N[C@](C)(c1nc(Br)ccc1F)C(F)(F)[C@@H](O)C(F)(F)F. The van der Waals surface area contributed by atoms with Crippen LogP contribution in [0.2, 0.25) is 0 Å². The molecule has 12 heteroatoms.